The van der Waals surface area contributed by atoms with Crippen LogP contribution in [0.4, 0.5) is 0 Å². The van der Waals surface area contributed by atoms with Crippen molar-refractivity contribution in [2.24, 2.45) is 0 Å². The minimum atomic E-state index is -0.187. The number of nitrogens with one attached hydrogen (secondary N) is 1. The van der Waals surface area contributed by atoms with Gasteiger partial charge in [-0.2, -0.15) is 0 Å². The third kappa shape index (κ3) is 4.33. The first-order chi connectivity index (χ1) is 7.22. The second-order valence-corrected chi connectivity index (χ2v) is 3.44. The first kappa shape index (κ1) is 11.3. The number of carbonyl (C=O) groups is 1. The smallest absolute Gasteiger partial charge is 0.221 e. The molecule has 0 radical (unpaired) electrons. The Hall–Kier alpha value is -1.75. The van der Waals surface area contributed by atoms with Crippen LogP contribution in [0.15, 0.2) is 30.3 Å². The molecule has 15 heavy (non-hydrogen) atoms. The van der Waals surface area contributed by atoms with Crippen molar-refractivity contribution in [3.05, 3.63) is 35.9 Å². The Morgan fingerprint density at radius 1 is 1.47 bits per heavy atom. The fraction of sp³-hybridized carbons (Fsp3) is 0.308. The number of carbonyl (C=O) groups excluding carboxylic acids is 1. The van der Waals surface area contributed by atoms with Crippen LogP contribution in [0.1, 0.15) is 18.9 Å². The molecule has 1 N–H and O–H groups in total. The number of amides is 1. The average molecular weight is 201 g/mol. The van der Waals surface area contributed by atoms with Crippen molar-refractivity contribution in [3.63, 3.8) is 0 Å². The van der Waals surface area contributed by atoms with Crippen molar-refractivity contribution >= 4 is 5.91 Å². The summed E-state index contributed by atoms with van der Waals surface area (Å²) in [5, 5.41) is 2.72. The molecule has 1 aromatic rings. The van der Waals surface area contributed by atoms with E-state index in [4.69, 9.17) is 6.42 Å². The Labute approximate surface area is 90.7 Å². The topological polar surface area (TPSA) is 29.1 Å². The Balaban J connectivity index is 2.32. The van der Waals surface area contributed by atoms with E-state index in [9.17, 15) is 4.79 Å². The van der Waals surface area contributed by atoms with Crippen molar-refractivity contribution in [1.82, 2.24) is 5.32 Å². The lowest BCUT2D eigenvalue weighted by molar-refractivity contribution is -0.121. The summed E-state index contributed by atoms with van der Waals surface area (Å²) in [6, 6.07) is 9.74. The monoisotopic (exact) mass is 201 g/mol. The highest BCUT2D eigenvalue weighted by molar-refractivity contribution is 5.76. The van der Waals surface area contributed by atoms with Gasteiger partial charge in [-0.15, -0.1) is 6.42 Å². The minimum Gasteiger partial charge on any atom is -0.343 e. The number of hydrogen-bond acceptors (Lipinski definition) is 1. The molecular formula is C13H15NO. The molecule has 0 saturated heterocycles. The van der Waals surface area contributed by atoms with Crippen LogP contribution < -0.4 is 5.32 Å². The average Bonchev–Trinajstić information content (AvgIpc) is 2.27. The SMILES string of the molecule is C#CC(C)NC(=O)CCc1ccccc1. The highest BCUT2D eigenvalue weighted by atomic mass is 16.1. The minimum absolute atomic E-state index is 0.00398. The summed E-state index contributed by atoms with van der Waals surface area (Å²) in [4.78, 5) is 11.4. The van der Waals surface area contributed by atoms with Crippen LogP contribution in [0.2, 0.25) is 0 Å². The highest BCUT2D eigenvalue weighted by Crippen LogP contribution is 2.02. The molecule has 0 aromatic heterocycles. The third-order valence-electron chi connectivity index (χ3n) is 2.11. The first-order valence-corrected chi connectivity index (χ1v) is 5.02. The zero-order chi connectivity index (χ0) is 11.1. The molecule has 2 heteroatoms. The Morgan fingerprint density at radius 3 is 2.73 bits per heavy atom. The molecule has 0 saturated carbocycles. The zero-order valence-corrected chi connectivity index (χ0v) is 8.86. The molecule has 0 fully saturated rings. The van der Waals surface area contributed by atoms with Gasteiger partial charge in [0, 0.05) is 6.42 Å². The number of benzene rings is 1. The van der Waals surface area contributed by atoms with Crippen LogP contribution in [-0.4, -0.2) is 11.9 Å². The maximum absolute atomic E-state index is 11.4. The summed E-state index contributed by atoms with van der Waals surface area (Å²) in [5.74, 6) is 2.47. The van der Waals surface area contributed by atoms with Crippen LogP contribution in [0.5, 0.6) is 0 Å². The third-order valence-corrected chi connectivity index (χ3v) is 2.11. The summed E-state index contributed by atoms with van der Waals surface area (Å²) < 4.78 is 0. The van der Waals surface area contributed by atoms with E-state index in [1.807, 2.05) is 30.3 Å². The zero-order valence-electron chi connectivity index (χ0n) is 8.86. The van der Waals surface area contributed by atoms with Crippen molar-refractivity contribution in [3.8, 4) is 12.3 Å². The van der Waals surface area contributed by atoms with Gasteiger partial charge < -0.3 is 5.32 Å². The molecule has 1 rings (SSSR count). The molecule has 0 aliphatic carbocycles. The van der Waals surface area contributed by atoms with Crippen molar-refractivity contribution < 1.29 is 4.79 Å². The van der Waals surface area contributed by atoms with Gasteiger partial charge in [-0.05, 0) is 18.9 Å². The predicted octanol–water partition coefficient (Wildman–Crippen LogP) is 1.76. The van der Waals surface area contributed by atoms with Gasteiger partial charge in [0.2, 0.25) is 5.91 Å². The lowest BCUT2D eigenvalue weighted by atomic mass is 10.1. The van der Waals surface area contributed by atoms with E-state index in [0.717, 1.165) is 6.42 Å². The molecule has 0 bridgehead atoms. The molecule has 1 amide bonds. The fourth-order valence-electron chi connectivity index (χ4n) is 1.26. The van der Waals surface area contributed by atoms with E-state index >= 15 is 0 Å². The van der Waals surface area contributed by atoms with Gasteiger partial charge >= 0.3 is 0 Å². The van der Waals surface area contributed by atoms with E-state index in [0.29, 0.717) is 6.42 Å². The van der Waals surface area contributed by atoms with Crippen LogP contribution in [-0.2, 0) is 11.2 Å². The first-order valence-electron chi connectivity index (χ1n) is 5.02. The maximum atomic E-state index is 11.4. The molecule has 0 aliphatic heterocycles. The number of aryl methyl sites for hydroxylation is 1. The molecule has 78 valence electrons. The molecule has 0 heterocycles. The second kappa shape index (κ2) is 5.87. The normalized spacial score (nSPS) is 11.5. The fourth-order valence-corrected chi connectivity index (χ4v) is 1.26. The van der Waals surface area contributed by atoms with Gasteiger partial charge in [0.25, 0.3) is 0 Å². The van der Waals surface area contributed by atoms with Gasteiger partial charge in [-0.3, -0.25) is 4.79 Å². The quantitative estimate of drug-likeness (QED) is 0.739. The Kier molecular flexibility index (Phi) is 4.43. The molecule has 0 spiro atoms. The van der Waals surface area contributed by atoms with E-state index in [1.165, 1.54) is 5.56 Å². The van der Waals surface area contributed by atoms with Gasteiger partial charge in [0.15, 0.2) is 0 Å². The van der Waals surface area contributed by atoms with Gasteiger partial charge in [-0.25, -0.2) is 0 Å². The maximum Gasteiger partial charge on any atom is 0.221 e. The van der Waals surface area contributed by atoms with Gasteiger partial charge in [0.1, 0.15) is 0 Å². The standard InChI is InChI=1S/C13H15NO/c1-3-11(2)14-13(15)10-9-12-7-5-4-6-8-12/h1,4-8,11H,9-10H2,2H3,(H,14,15). The predicted molar refractivity (Wildman–Crippen MR) is 61.2 cm³/mol. The number of hydrogen-bond donors (Lipinski definition) is 1. The molecule has 2 nitrogen and oxygen atoms in total. The van der Waals surface area contributed by atoms with Crippen LogP contribution in [0, 0.1) is 12.3 Å². The summed E-state index contributed by atoms with van der Waals surface area (Å²) in [5.41, 5.74) is 1.17. The Bertz CT molecular complexity index is 351. The molecule has 0 aliphatic rings. The second-order valence-electron chi connectivity index (χ2n) is 3.44. The lowest BCUT2D eigenvalue weighted by Crippen LogP contribution is -2.31. The van der Waals surface area contributed by atoms with Crippen LogP contribution >= 0.6 is 0 Å². The molecule has 1 unspecified atom stereocenters. The summed E-state index contributed by atoms with van der Waals surface area (Å²) >= 11 is 0. The summed E-state index contributed by atoms with van der Waals surface area (Å²) in [6.07, 6.45) is 6.40. The van der Waals surface area contributed by atoms with Crippen molar-refractivity contribution in [2.75, 3.05) is 0 Å². The largest absolute Gasteiger partial charge is 0.343 e. The van der Waals surface area contributed by atoms with Gasteiger partial charge in [-0.1, -0.05) is 36.3 Å². The lowest BCUT2D eigenvalue weighted by Gasteiger charge is -2.07. The number of rotatable bonds is 4. The molecule has 1 aromatic carbocycles. The molecular weight excluding hydrogens is 186 g/mol. The van der Waals surface area contributed by atoms with E-state index in [2.05, 4.69) is 11.2 Å². The van der Waals surface area contributed by atoms with Crippen molar-refractivity contribution in [1.29, 1.82) is 0 Å². The van der Waals surface area contributed by atoms with E-state index in [-0.39, 0.29) is 11.9 Å². The van der Waals surface area contributed by atoms with Crippen molar-refractivity contribution in [2.45, 2.75) is 25.8 Å². The highest BCUT2D eigenvalue weighted by Gasteiger charge is 2.04. The van der Waals surface area contributed by atoms with Crippen LogP contribution in [0.25, 0.3) is 0 Å². The van der Waals surface area contributed by atoms with Crippen LogP contribution in [0.3, 0.4) is 0 Å². The van der Waals surface area contributed by atoms with E-state index < -0.39 is 0 Å². The number of terminal acetylenes is 1. The summed E-state index contributed by atoms with van der Waals surface area (Å²) in [7, 11) is 0. The van der Waals surface area contributed by atoms with E-state index in [1.54, 1.807) is 6.92 Å². The summed E-state index contributed by atoms with van der Waals surface area (Å²) in [6.45, 7) is 1.79. The molecule has 1 atom stereocenters. The Morgan fingerprint density at radius 2 is 2.13 bits per heavy atom. The van der Waals surface area contributed by atoms with Gasteiger partial charge in [0.05, 0.1) is 6.04 Å².